The van der Waals surface area contributed by atoms with Crippen molar-refractivity contribution in [2.45, 2.75) is 39.2 Å². The number of aryl methyl sites for hydroxylation is 3. The number of carbonyl (C=O) groups excluding carboxylic acids is 2. The average Bonchev–Trinajstić information content (AvgIpc) is 3.83. The van der Waals surface area contributed by atoms with E-state index in [1.807, 2.05) is 0 Å². The fraction of sp³-hybridized carbons (Fsp3) is 0.242. The summed E-state index contributed by atoms with van der Waals surface area (Å²) in [5, 5.41) is 11.0. The Kier molecular flexibility index (Phi) is 8.74. The summed E-state index contributed by atoms with van der Waals surface area (Å²) in [6.07, 6.45) is 4.34. The largest absolute Gasteiger partial charge is 0.421 e. The van der Waals surface area contributed by atoms with Gasteiger partial charge in [0.05, 0.1) is 21.7 Å². The van der Waals surface area contributed by atoms with Gasteiger partial charge in [-0.2, -0.15) is 0 Å². The molecule has 230 valence electrons. The van der Waals surface area contributed by atoms with E-state index in [-0.39, 0.29) is 24.2 Å². The average molecular weight is 632 g/mol. The Labute approximate surface area is 260 Å². The Morgan fingerprint density at radius 1 is 0.911 bits per heavy atom. The van der Waals surface area contributed by atoms with Crippen LogP contribution in [-0.2, 0) is 19.4 Å². The van der Waals surface area contributed by atoms with Crippen molar-refractivity contribution in [3.8, 4) is 21.9 Å². The number of hydrogen-bond acceptors (Lipinski definition) is 7. The molecule has 1 N–H and O–H groups in total. The van der Waals surface area contributed by atoms with Gasteiger partial charge in [-0.3, -0.25) is 14.6 Å². The van der Waals surface area contributed by atoms with Gasteiger partial charge < -0.3 is 14.6 Å². The van der Waals surface area contributed by atoms with Crippen LogP contribution < -0.4 is 5.32 Å². The summed E-state index contributed by atoms with van der Waals surface area (Å²) < 4.78 is 46.4. The predicted molar refractivity (Wildman–Crippen MR) is 162 cm³/mol. The van der Waals surface area contributed by atoms with E-state index < -0.39 is 17.5 Å². The second-order valence-corrected chi connectivity index (χ2v) is 11.8. The summed E-state index contributed by atoms with van der Waals surface area (Å²) in [6.45, 7) is 2.92. The van der Waals surface area contributed by atoms with Crippen LogP contribution in [0.3, 0.4) is 0 Å². The SMILES string of the molecule is Cc1nnc(-c2c(CCc3ccc(F)cc3)ncc(C(=O)N3CCCC3)c2-c2ccc(C(=O)NCc3ccc(F)c(F)c3)s2)o1. The highest BCUT2D eigenvalue weighted by Gasteiger charge is 2.30. The molecule has 1 fully saturated rings. The summed E-state index contributed by atoms with van der Waals surface area (Å²) in [5.74, 6) is -2.35. The second-order valence-electron chi connectivity index (χ2n) is 10.7. The lowest BCUT2D eigenvalue weighted by atomic mass is 9.95. The molecule has 0 atom stereocenters. The van der Waals surface area contributed by atoms with Crippen LogP contribution in [0.1, 0.15) is 55.6 Å². The van der Waals surface area contributed by atoms with Crippen LogP contribution in [0, 0.1) is 24.4 Å². The monoisotopic (exact) mass is 631 g/mol. The van der Waals surface area contributed by atoms with Crippen molar-refractivity contribution in [1.29, 1.82) is 0 Å². The first-order chi connectivity index (χ1) is 21.8. The molecule has 5 aromatic rings. The number of amides is 2. The van der Waals surface area contributed by atoms with Gasteiger partial charge in [0, 0.05) is 43.2 Å². The van der Waals surface area contributed by atoms with Gasteiger partial charge >= 0.3 is 0 Å². The van der Waals surface area contributed by atoms with Crippen LogP contribution in [0.5, 0.6) is 0 Å². The number of rotatable bonds is 9. The third kappa shape index (κ3) is 6.65. The number of thiophene rings is 1. The maximum atomic E-state index is 13.9. The molecule has 45 heavy (non-hydrogen) atoms. The van der Waals surface area contributed by atoms with E-state index in [0.717, 1.165) is 30.5 Å². The van der Waals surface area contributed by atoms with Gasteiger partial charge in [0.1, 0.15) is 5.82 Å². The van der Waals surface area contributed by atoms with Crippen LogP contribution in [0.15, 0.2) is 65.2 Å². The highest BCUT2D eigenvalue weighted by Crippen LogP contribution is 2.41. The van der Waals surface area contributed by atoms with Crippen LogP contribution in [0.4, 0.5) is 13.2 Å². The highest BCUT2D eigenvalue weighted by atomic mass is 32.1. The Hall–Kier alpha value is -4.84. The van der Waals surface area contributed by atoms with Gasteiger partial charge in [-0.25, -0.2) is 13.2 Å². The summed E-state index contributed by atoms with van der Waals surface area (Å²) in [6, 6.07) is 13.1. The van der Waals surface area contributed by atoms with Crippen LogP contribution in [0.25, 0.3) is 21.9 Å². The fourth-order valence-electron chi connectivity index (χ4n) is 5.30. The van der Waals surface area contributed by atoms with E-state index in [1.165, 1.54) is 29.5 Å². The lowest BCUT2D eigenvalue weighted by Gasteiger charge is -2.20. The molecule has 0 saturated carbocycles. The van der Waals surface area contributed by atoms with Crippen LogP contribution in [-0.4, -0.2) is 45.0 Å². The Morgan fingerprint density at radius 2 is 1.67 bits per heavy atom. The number of halogens is 3. The molecule has 0 bridgehead atoms. The van der Waals surface area contributed by atoms with Crippen LogP contribution >= 0.6 is 11.3 Å². The van der Waals surface area contributed by atoms with Gasteiger partial charge in [0.2, 0.25) is 11.8 Å². The number of hydrogen-bond donors (Lipinski definition) is 1. The zero-order valence-electron chi connectivity index (χ0n) is 24.3. The number of nitrogens with zero attached hydrogens (tertiary/aromatic N) is 4. The molecule has 3 aromatic heterocycles. The first-order valence-corrected chi connectivity index (χ1v) is 15.3. The lowest BCUT2D eigenvalue weighted by Crippen LogP contribution is -2.28. The molecule has 12 heteroatoms. The maximum absolute atomic E-state index is 13.9. The van der Waals surface area contributed by atoms with Crippen molar-refractivity contribution in [2.75, 3.05) is 13.1 Å². The Morgan fingerprint density at radius 3 is 2.38 bits per heavy atom. The number of nitrogens with one attached hydrogen (secondary N) is 1. The predicted octanol–water partition coefficient (Wildman–Crippen LogP) is 6.54. The third-order valence-corrected chi connectivity index (χ3v) is 8.70. The number of carbonyl (C=O) groups is 2. The topological polar surface area (TPSA) is 101 Å². The molecule has 0 unspecified atom stereocenters. The van der Waals surface area contributed by atoms with Crippen LogP contribution in [0.2, 0.25) is 0 Å². The molecule has 8 nitrogen and oxygen atoms in total. The van der Waals surface area contributed by atoms with Crippen molar-refractivity contribution in [3.05, 3.63) is 111 Å². The fourth-order valence-corrected chi connectivity index (χ4v) is 6.29. The van der Waals surface area contributed by atoms with Crippen molar-refractivity contribution in [3.63, 3.8) is 0 Å². The molecule has 0 radical (unpaired) electrons. The van der Waals surface area contributed by atoms with E-state index in [4.69, 9.17) is 9.40 Å². The lowest BCUT2D eigenvalue weighted by molar-refractivity contribution is 0.0793. The van der Waals surface area contributed by atoms with Gasteiger partial charge in [-0.1, -0.05) is 18.2 Å². The minimum absolute atomic E-state index is 0.00271. The maximum Gasteiger partial charge on any atom is 0.261 e. The molecule has 6 rings (SSSR count). The zero-order chi connectivity index (χ0) is 31.5. The normalized spacial score (nSPS) is 12.9. The van der Waals surface area contributed by atoms with Crippen molar-refractivity contribution in [1.82, 2.24) is 25.4 Å². The van der Waals surface area contributed by atoms with E-state index in [0.29, 0.717) is 69.5 Å². The summed E-state index contributed by atoms with van der Waals surface area (Å²) in [5.41, 5.74) is 3.30. The first kappa shape index (κ1) is 30.2. The molecule has 0 aliphatic carbocycles. The molecule has 2 amide bonds. The number of likely N-dealkylation sites (tertiary alicyclic amines) is 1. The standard InChI is InChI=1S/C33H28F3N5O3S/c1-19-39-40-32(44-19)30-26(11-7-20-4-8-22(34)9-5-20)37-18-23(33(43)41-14-2-3-15-41)29(30)27-12-13-28(45-27)31(42)38-17-21-6-10-24(35)25(36)16-21/h4-6,8-10,12-13,16,18H,2-3,7,11,14-15,17H2,1H3,(H,38,42). The summed E-state index contributed by atoms with van der Waals surface area (Å²) in [4.78, 5) is 34.4. The van der Waals surface area contributed by atoms with E-state index in [1.54, 1.807) is 42.3 Å². The zero-order valence-corrected chi connectivity index (χ0v) is 25.1. The van der Waals surface area contributed by atoms with Gasteiger partial charge in [0.15, 0.2) is 11.6 Å². The smallest absolute Gasteiger partial charge is 0.261 e. The van der Waals surface area contributed by atoms with E-state index >= 15 is 0 Å². The quantitative estimate of drug-likeness (QED) is 0.198. The molecular formula is C33H28F3N5O3S. The number of aromatic nitrogens is 3. The molecule has 1 saturated heterocycles. The Balaban J connectivity index is 1.39. The van der Waals surface area contributed by atoms with Crippen molar-refractivity contribution >= 4 is 23.2 Å². The van der Waals surface area contributed by atoms with Crippen molar-refractivity contribution < 1.29 is 27.2 Å². The Bertz CT molecular complexity index is 1870. The first-order valence-electron chi connectivity index (χ1n) is 14.4. The number of pyridine rings is 1. The second kappa shape index (κ2) is 13.0. The van der Waals surface area contributed by atoms with Gasteiger partial charge in [0.25, 0.3) is 11.8 Å². The molecule has 0 spiro atoms. The van der Waals surface area contributed by atoms with Gasteiger partial charge in [-0.05, 0) is 73.2 Å². The minimum atomic E-state index is -0.993. The minimum Gasteiger partial charge on any atom is -0.421 e. The molecular weight excluding hydrogens is 603 g/mol. The highest BCUT2D eigenvalue weighted by molar-refractivity contribution is 7.17. The van der Waals surface area contributed by atoms with E-state index in [9.17, 15) is 22.8 Å². The molecule has 2 aromatic carbocycles. The van der Waals surface area contributed by atoms with E-state index in [2.05, 4.69) is 15.5 Å². The molecule has 1 aliphatic heterocycles. The summed E-state index contributed by atoms with van der Waals surface area (Å²) in [7, 11) is 0. The van der Waals surface area contributed by atoms with Crippen molar-refractivity contribution in [2.24, 2.45) is 0 Å². The summed E-state index contributed by atoms with van der Waals surface area (Å²) >= 11 is 1.17. The van der Waals surface area contributed by atoms with Gasteiger partial charge in [-0.15, -0.1) is 21.5 Å². The number of benzene rings is 2. The third-order valence-electron chi connectivity index (χ3n) is 7.60. The molecule has 4 heterocycles. The molecule has 1 aliphatic rings.